The van der Waals surface area contributed by atoms with Crippen LogP contribution < -0.4 is 14.8 Å². The zero-order valence-corrected chi connectivity index (χ0v) is 11.7. The van der Waals surface area contributed by atoms with Crippen molar-refractivity contribution in [1.82, 2.24) is 5.32 Å². The first kappa shape index (κ1) is 14.5. The second kappa shape index (κ2) is 6.06. The SMILES string of the molecule is CNC1CC(Oc2ccc(OC)cc2[N+](=O)[O-])C1OC. The molecule has 1 aliphatic carbocycles. The molecule has 0 spiro atoms. The highest BCUT2D eigenvalue weighted by atomic mass is 16.6. The number of ether oxygens (including phenoxy) is 3. The molecule has 0 heterocycles. The third-order valence-electron chi connectivity index (χ3n) is 3.53. The van der Waals surface area contributed by atoms with Gasteiger partial charge in [-0.3, -0.25) is 10.1 Å². The lowest BCUT2D eigenvalue weighted by atomic mass is 9.85. The van der Waals surface area contributed by atoms with Gasteiger partial charge in [0.2, 0.25) is 0 Å². The van der Waals surface area contributed by atoms with E-state index in [-0.39, 0.29) is 29.7 Å². The monoisotopic (exact) mass is 282 g/mol. The molecule has 0 saturated heterocycles. The van der Waals surface area contributed by atoms with E-state index < -0.39 is 4.92 Å². The van der Waals surface area contributed by atoms with Crippen LogP contribution in [0.5, 0.6) is 11.5 Å². The first-order chi connectivity index (χ1) is 9.60. The first-order valence-electron chi connectivity index (χ1n) is 6.29. The van der Waals surface area contributed by atoms with Crippen molar-refractivity contribution >= 4 is 5.69 Å². The lowest BCUT2D eigenvalue weighted by molar-refractivity contribution is -0.386. The number of nitrogens with zero attached hydrogens (tertiary/aromatic N) is 1. The summed E-state index contributed by atoms with van der Waals surface area (Å²) >= 11 is 0. The Balaban J connectivity index is 2.15. The molecule has 1 fully saturated rings. The van der Waals surface area contributed by atoms with Crippen molar-refractivity contribution < 1.29 is 19.1 Å². The molecule has 0 amide bonds. The number of nitro groups is 1. The Labute approximate surface area is 117 Å². The van der Waals surface area contributed by atoms with Crippen LogP contribution in [0.3, 0.4) is 0 Å². The summed E-state index contributed by atoms with van der Waals surface area (Å²) < 4.78 is 16.0. The highest BCUT2D eigenvalue weighted by Gasteiger charge is 2.43. The molecule has 1 aromatic carbocycles. The number of likely N-dealkylation sites (N-methyl/N-ethyl adjacent to an activating group) is 1. The molecule has 1 aromatic rings. The molecule has 1 N–H and O–H groups in total. The zero-order valence-electron chi connectivity index (χ0n) is 11.7. The number of hydrogen-bond donors (Lipinski definition) is 1. The fourth-order valence-electron chi connectivity index (χ4n) is 2.32. The van der Waals surface area contributed by atoms with Crippen LogP contribution in [0.4, 0.5) is 5.69 Å². The van der Waals surface area contributed by atoms with Crippen LogP contribution in [-0.4, -0.2) is 44.4 Å². The molecular formula is C13H18N2O5. The van der Waals surface area contributed by atoms with Crippen LogP contribution >= 0.6 is 0 Å². The Morgan fingerprint density at radius 2 is 2.15 bits per heavy atom. The second-order valence-electron chi connectivity index (χ2n) is 4.58. The molecule has 2 rings (SSSR count). The van der Waals surface area contributed by atoms with E-state index in [1.165, 1.54) is 13.2 Å². The van der Waals surface area contributed by atoms with Crippen LogP contribution in [0, 0.1) is 10.1 Å². The van der Waals surface area contributed by atoms with Crippen molar-refractivity contribution in [2.45, 2.75) is 24.7 Å². The molecule has 0 bridgehead atoms. The summed E-state index contributed by atoms with van der Waals surface area (Å²) in [5, 5.41) is 14.2. The summed E-state index contributed by atoms with van der Waals surface area (Å²) in [6.07, 6.45) is 0.448. The van der Waals surface area contributed by atoms with E-state index in [2.05, 4.69) is 5.32 Å². The minimum absolute atomic E-state index is 0.105. The van der Waals surface area contributed by atoms with E-state index in [1.807, 2.05) is 7.05 Å². The van der Waals surface area contributed by atoms with Crippen LogP contribution in [0.2, 0.25) is 0 Å². The molecule has 0 radical (unpaired) electrons. The Bertz CT molecular complexity index is 494. The number of hydrogen-bond acceptors (Lipinski definition) is 6. The largest absolute Gasteiger partial charge is 0.496 e. The van der Waals surface area contributed by atoms with Gasteiger partial charge in [0.15, 0.2) is 5.75 Å². The van der Waals surface area contributed by atoms with Gasteiger partial charge in [0.1, 0.15) is 18.0 Å². The van der Waals surface area contributed by atoms with Crippen LogP contribution in [0.15, 0.2) is 18.2 Å². The standard InChI is InChI=1S/C13H18N2O5/c1-14-9-7-12(13(9)19-3)20-11-5-4-8(18-2)6-10(11)15(16)17/h4-6,9,12-14H,7H2,1-3H3. The van der Waals surface area contributed by atoms with Gasteiger partial charge in [0.25, 0.3) is 0 Å². The molecular weight excluding hydrogens is 264 g/mol. The Hall–Kier alpha value is -1.86. The quantitative estimate of drug-likeness (QED) is 0.626. The maximum Gasteiger partial charge on any atom is 0.314 e. The summed E-state index contributed by atoms with van der Waals surface area (Å²) in [5.41, 5.74) is -0.105. The van der Waals surface area contributed by atoms with Crippen molar-refractivity contribution in [3.63, 3.8) is 0 Å². The summed E-state index contributed by atoms with van der Waals surface area (Å²) in [4.78, 5) is 10.6. The van der Waals surface area contributed by atoms with E-state index in [0.717, 1.165) is 6.42 Å². The van der Waals surface area contributed by atoms with Gasteiger partial charge in [-0.2, -0.15) is 0 Å². The third kappa shape index (κ3) is 2.68. The van der Waals surface area contributed by atoms with Gasteiger partial charge in [-0.1, -0.05) is 0 Å². The van der Waals surface area contributed by atoms with Gasteiger partial charge in [-0.25, -0.2) is 0 Å². The van der Waals surface area contributed by atoms with E-state index in [1.54, 1.807) is 19.2 Å². The normalized spacial score (nSPS) is 24.9. The van der Waals surface area contributed by atoms with Crippen molar-refractivity contribution in [3.8, 4) is 11.5 Å². The van der Waals surface area contributed by atoms with Gasteiger partial charge >= 0.3 is 5.69 Å². The molecule has 20 heavy (non-hydrogen) atoms. The number of rotatable bonds is 6. The third-order valence-corrected chi connectivity index (χ3v) is 3.53. The van der Waals surface area contributed by atoms with Gasteiger partial charge in [-0.05, 0) is 19.2 Å². The predicted octanol–water partition coefficient (Wildman–Crippen LogP) is 1.36. The smallest absolute Gasteiger partial charge is 0.314 e. The van der Waals surface area contributed by atoms with E-state index in [0.29, 0.717) is 5.75 Å². The van der Waals surface area contributed by atoms with Gasteiger partial charge in [0.05, 0.1) is 18.1 Å². The lowest BCUT2D eigenvalue weighted by Crippen LogP contribution is -2.60. The van der Waals surface area contributed by atoms with Crippen molar-refractivity contribution in [2.75, 3.05) is 21.3 Å². The number of benzene rings is 1. The Kier molecular flexibility index (Phi) is 4.41. The van der Waals surface area contributed by atoms with E-state index >= 15 is 0 Å². The predicted molar refractivity (Wildman–Crippen MR) is 72.3 cm³/mol. The molecule has 1 saturated carbocycles. The summed E-state index contributed by atoms with van der Waals surface area (Å²) in [5.74, 6) is 0.659. The highest BCUT2D eigenvalue weighted by Crippen LogP contribution is 2.35. The minimum atomic E-state index is -0.478. The molecule has 3 unspecified atom stereocenters. The van der Waals surface area contributed by atoms with Crippen molar-refractivity contribution in [1.29, 1.82) is 0 Å². The first-order valence-corrected chi connectivity index (χ1v) is 6.29. The number of nitrogens with one attached hydrogen (secondary N) is 1. The maximum atomic E-state index is 11.1. The van der Waals surface area contributed by atoms with Crippen LogP contribution in [0.25, 0.3) is 0 Å². The van der Waals surface area contributed by atoms with Crippen molar-refractivity contribution in [3.05, 3.63) is 28.3 Å². The Morgan fingerprint density at radius 3 is 2.70 bits per heavy atom. The summed E-state index contributed by atoms with van der Waals surface area (Å²) in [7, 11) is 4.92. The van der Waals surface area contributed by atoms with E-state index in [9.17, 15) is 10.1 Å². The van der Waals surface area contributed by atoms with E-state index in [4.69, 9.17) is 14.2 Å². The maximum absolute atomic E-state index is 11.1. The van der Waals surface area contributed by atoms with Crippen LogP contribution in [0.1, 0.15) is 6.42 Å². The summed E-state index contributed by atoms with van der Waals surface area (Å²) in [6, 6.07) is 4.75. The molecule has 3 atom stereocenters. The van der Waals surface area contributed by atoms with Crippen LogP contribution in [-0.2, 0) is 4.74 Å². The second-order valence-corrected chi connectivity index (χ2v) is 4.58. The Morgan fingerprint density at radius 1 is 1.40 bits per heavy atom. The average molecular weight is 282 g/mol. The topological polar surface area (TPSA) is 82.9 Å². The number of nitro benzene ring substituents is 1. The molecule has 0 aliphatic heterocycles. The average Bonchev–Trinajstić information content (AvgIpc) is 2.43. The highest BCUT2D eigenvalue weighted by molar-refractivity contribution is 5.51. The molecule has 0 aromatic heterocycles. The van der Waals surface area contributed by atoms with Gasteiger partial charge in [0, 0.05) is 19.6 Å². The van der Waals surface area contributed by atoms with Crippen molar-refractivity contribution in [2.24, 2.45) is 0 Å². The van der Waals surface area contributed by atoms with Gasteiger partial charge in [-0.15, -0.1) is 0 Å². The fraction of sp³-hybridized carbons (Fsp3) is 0.538. The lowest BCUT2D eigenvalue weighted by Gasteiger charge is -2.42. The molecule has 7 heteroatoms. The number of methoxy groups -OCH3 is 2. The molecule has 7 nitrogen and oxygen atoms in total. The molecule has 1 aliphatic rings. The zero-order chi connectivity index (χ0) is 14.7. The minimum Gasteiger partial charge on any atom is -0.496 e. The van der Waals surface area contributed by atoms with Gasteiger partial charge < -0.3 is 19.5 Å². The summed E-state index contributed by atoms with van der Waals surface area (Å²) in [6.45, 7) is 0. The fourth-order valence-corrected chi connectivity index (χ4v) is 2.32. The molecule has 110 valence electrons.